The second kappa shape index (κ2) is 8.54. The SMILES string of the molecule is CCOC(=O)c1c(C)n(C)c2ccc(OCC(=O)N=Nc3c(O)[nH]c4ccccc34)cc12. The van der Waals surface area contributed by atoms with Crippen molar-refractivity contribution in [3.8, 4) is 11.6 Å². The first kappa shape index (κ1) is 21.1. The Bertz CT molecular complexity index is 1370. The average molecular weight is 434 g/mol. The highest BCUT2D eigenvalue weighted by Crippen LogP contribution is 2.35. The summed E-state index contributed by atoms with van der Waals surface area (Å²) in [6.07, 6.45) is 0. The predicted octanol–water partition coefficient (Wildman–Crippen LogP) is 4.54. The zero-order chi connectivity index (χ0) is 22.8. The van der Waals surface area contributed by atoms with Gasteiger partial charge < -0.3 is 24.1 Å². The number of rotatable bonds is 6. The fourth-order valence-corrected chi connectivity index (χ4v) is 3.60. The van der Waals surface area contributed by atoms with Crippen LogP contribution in [0.2, 0.25) is 0 Å². The molecule has 0 fully saturated rings. The van der Waals surface area contributed by atoms with Crippen molar-refractivity contribution >= 4 is 39.4 Å². The molecule has 0 unspecified atom stereocenters. The second-order valence-corrected chi connectivity index (χ2v) is 7.17. The minimum atomic E-state index is -0.621. The number of aromatic hydroxyl groups is 1. The van der Waals surface area contributed by atoms with Gasteiger partial charge in [-0.2, -0.15) is 0 Å². The van der Waals surface area contributed by atoms with Gasteiger partial charge in [0.05, 0.1) is 17.7 Å². The lowest BCUT2D eigenvalue weighted by Crippen LogP contribution is -2.08. The highest BCUT2D eigenvalue weighted by atomic mass is 16.5. The number of hydrogen-bond acceptors (Lipinski definition) is 6. The highest BCUT2D eigenvalue weighted by Gasteiger charge is 2.20. The van der Waals surface area contributed by atoms with E-state index in [-0.39, 0.29) is 24.8 Å². The van der Waals surface area contributed by atoms with Crippen LogP contribution in [-0.4, -0.2) is 39.7 Å². The molecular formula is C23H22N4O5. The van der Waals surface area contributed by atoms with Gasteiger partial charge >= 0.3 is 11.9 Å². The first-order chi connectivity index (χ1) is 15.4. The minimum Gasteiger partial charge on any atom is -0.493 e. The summed E-state index contributed by atoms with van der Waals surface area (Å²) in [6, 6.07) is 12.4. The van der Waals surface area contributed by atoms with Gasteiger partial charge in [0.25, 0.3) is 0 Å². The normalized spacial score (nSPS) is 11.5. The molecule has 4 rings (SSSR count). The number of aromatic amines is 1. The van der Waals surface area contributed by atoms with Crippen LogP contribution in [0.15, 0.2) is 52.7 Å². The molecule has 4 aromatic rings. The Kier molecular flexibility index (Phi) is 5.63. The Morgan fingerprint density at radius 2 is 1.94 bits per heavy atom. The van der Waals surface area contributed by atoms with E-state index in [4.69, 9.17) is 9.47 Å². The summed E-state index contributed by atoms with van der Waals surface area (Å²) < 4.78 is 12.7. The Morgan fingerprint density at radius 1 is 1.16 bits per heavy atom. The summed E-state index contributed by atoms with van der Waals surface area (Å²) >= 11 is 0. The summed E-state index contributed by atoms with van der Waals surface area (Å²) in [5, 5.41) is 18.9. The van der Waals surface area contributed by atoms with Gasteiger partial charge in [0.2, 0.25) is 5.88 Å². The summed E-state index contributed by atoms with van der Waals surface area (Å²) in [6.45, 7) is 3.52. The molecule has 0 atom stereocenters. The molecule has 0 saturated heterocycles. The molecule has 0 radical (unpaired) electrons. The average Bonchev–Trinajstić information content (AvgIpc) is 3.23. The lowest BCUT2D eigenvalue weighted by molar-refractivity contribution is -0.120. The molecule has 2 N–H and O–H groups in total. The topological polar surface area (TPSA) is 118 Å². The summed E-state index contributed by atoms with van der Waals surface area (Å²) in [5.41, 5.74) is 2.97. The number of amides is 1. The number of ether oxygens (including phenoxy) is 2. The largest absolute Gasteiger partial charge is 0.493 e. The van der Waals surface area contributed by atoms with Crippen LogP contribution in [0.3, 0.4) is 0 Å². The van der Waals surface area contributed by atoms with E-state index in [1.165, 1.54) is 0 Å². The molecule has 32 heavy (non-hydrogen) atoms. The van der Waals surface area contributed by atoms with Crippen molar-refractivity contribution in [2.45, 2.75) is 13.8 Å². The second-order valence-electron chi connectivity index (χ2n) is 7.17. The Hall–Kier alpha value is -4.14. The van der Waals surface area contributed by atoms with Gasteiger partial charge in [-0.3, -0.25) is 4.79 Å². The van der Waals surface area contributed by atoms with Crippen molar-refractivity contribution in [2.75, 3.05) is 13.2 Å². The van der Waals surface area contributed by atoms with Crippen LogP contribution in [0.5, 0.6) is 11.6 Å². The maximum absolute atomic E-state index is 12.4. The molecule has 0 bridgehead atoms. The smallest absolute Gasteiger partial charge is 0.340 e. The van der Waals surface area contributed by atoms with E-state index in [1.807, 2.05) is 30.7 Å². The van der Waals surface area contributed by atoms with Crippen LogP contribution < -0.4 is 4.74 Å². The number of para-hydroxylation sites is 1. The first-order valence-electron chi connectivity index (χ1n) is 10.0. The van der Waals surface area contributed by atoms with Gasteiger partial charge in [0.1, 0.15) is 5.75 Å². The number of aromatic nitrogens is 2. The number of H-pyrrole nitrogens is 1. The Labute approximate surface area is 183 Å². The lowest BCUT2D eigenvalue weighted by atomic mass is 10.1. The van der Waals surface area contributed by atoms with Crippen molar-refractivity contribution < 1.29 is 24.2 Å². The van der Waals surface area contributed by atoms with Crippen LogP contribution in [0.25, 0.3) is 21.8 Å². The number of hydrogen-bond donors (Lipinski definition) is 2. The van der Waals surface area contributed by atoms with Gasteiger partial charge in [-0.05, 0) is 38.1 Å². The molecule has 0 spiro atoms. The van der Waals surface area contributed by atoms with Gasteiger partial charge in [0.15, 0.2) is 12.3 Å². The number of fused-ring (bicyclic) bond motifs is 2. The summed E-state index contributed by atoms with van der Waals surface area (Å²) in [4.78, 5) is 27.4. The zero-order valence-corrected chi connectivity index (χ0v) is 17.9. The third kappa shape index (κ3) is 3.80. The van der Waals surface area contributed by atoms with Crippen molar-refractivity contribution in [1.29, 1.82) is 0 Å². The van der Waals surface area contributed by atoms with Crippen LogP contribution in [0.4, 0.5) is 5.69 Å². The maximum Gasteiger partial charge on any atom is 0.340 e. The number of nitrogens with zero attached hydrogens (tertiary/aromatic N) is 3. The van der Waals surface area contributed by atoms with Crippen molar-refractivity contribution in [1.82, 2.24) is 9.55 Å². The maximum atomic E-state index is 12.4. The monoisotopic (exact) mass is 434 g/mol. The number of benzene rings is 2. The van der Waals surface area contributed by atoms with Gasteiger partial charge in [0, 0.05) is 29.0 Å². The fourth-order valence-electron chi connectivity index (χ4n) is 3.60. The number of carbonyl (C=O) groups excluding carboxylic acids is 2. The molecule has 2 heterocycles. The van der Waals surface area contributed by atoms with E-state index in [0.717, 1.165) is 11.2 Å². The Balaban J connectivity index is 1.52. The van der Waals surface area contributed by atoms with E-state index in [2.05, 4.69) is 15.2 Å². The molecule has 0 aliphatic carbocycles. The van der Waals surface area contributed by atoms with Gasteiger partial charge in [-0.1, -0.05) is 18.2 Å². The molecule has 0 aliphatic rings. The van der Waals surface area contributed by atoms with E-state index >= 15 is 0 Å². The number of aryl methyl sites for hydroxylation is 1. The molecule has 0 aliphatic heterocycles. The number of esters is 1. The molecule has 9 heteroatoms. The highest BCUT2D eigenvalue weighted by molar-refractivity contribution is 6.06. The van der Waals surface area contributed by atoms with E-state index < -0.39 is 11.9 Å². The van der Waals surface area contributed by atoms with Crippen LogP contribution in [0.1, 0.15) is 23.0 Å². The molecule has 9 nitrogen and oxygen atoms in total. The van der Waals surface area contributed by atoms with Crippen LogP contribution in [0, 0.1) is 6.92 Å². The van der Waals surface area contributed by atoms with Crippen LogP contribution in [-0.2, 0) is 16.6 Å². The minimum absolute atomic E-state index is 0.167. The first-order valence-corrected chi connectivity index (χ1v) is 10.0. The molecule has 2 aromatic heterocycles. The molecule has 164 valence electrons. The zero-order valence-electron chi connectivity index (χ0n) is 17.9. The van der Waals surface area contributed by atoms with Crippen molar-refractivity contribution in [2.24, 2.45) is 17.3 Å². The third-order valence-corrected chi connectivity index (χ3v) is 5.23. The number of carbonyl (C=O) groups is 2. The van der Waals surface area contributed by atoms with E-state index in [9.17, 15) is 14.7 Å². The lowest BCUT2D eigenvalue weighted by Gasteiger charge is -2.05. The Morgan fingerprint density at radius 3 is 2.72 bits per heavy atom. The fraction of sp³-hybridized carbons (Fsp3) is 0.217. The predicted molar refractivity (Wildman–Crippen MR) is 119 cm³/mol. The molecule has 2 aromatic carbocycles. The van der Waals surface area contributed by atoms with Crippen molar-refractivity contribution in [3.63, 3.8) is 0 Å². The molecule has 0 saturated carbocycles. The van der Waals surface area contributed by atoms with Gasteiger partial charge in [-0.15, -0.1) is 10.2 Å². The standard InChI is InChI=1S/C23H22N4O5/c1-4-31-23(30)20-13(2)27(3)18-10-9-14(11-16(18)20)32-12-19(28)25-26-21-15-7-5-6-8-17(15)24-22(21)29/h5-11,24,29H,4,12H2,1-3H3. The number of azo groups is 1. The number of nitrogens with one attached hydrogen (secondary N) is 1. The van der Waals surface area contributed by atoms with E-state index in [1.54, 1.807) is 37.3 Å². The molecule has 1 amide bonds. The van der Waals surface area contributed by atoms with Gasteiger partial charge in [-0.25, -0.2) is 4.79 Å². The quantitative estimate of drug-likeness (QED) is 0.341. The van der Waals surface area contributed by atoms with Crippen LogP contribution >= 0.6 is 0 Å². The summed E-state index contributed by atoms with van der Waals surface area (Å²) in [5.74, 6) is -0.784. The van der Waals surface area contributed by atoms with Crippen molar-refractivity contribution in [3.05, 3.63) is 53.7 Å². The molecular weight excluding hydrogens is 412 g/mol. The third-order valence-electron chi connectivity index (χ3n) is 5.23. The summed E-state index contributed by atoms with van der Waals surface area (Å²) in [7, 11) is 1.87. The van der Waals surface area contributed by atoms with E-state index in [0.29, 0.717) is 27.6 Å².